The Bertz CT molecular complexity index is 708. The number of hydrogen-bond acceptors (Lipinski definition) is 5. The standard InChI is InChI=1S/C13H12N2O5/c1-7-5-8(3-4-9(7)13(17)18)20-12-10(19-2)11(16)14-6-15-12/h3-6H,1-2H3,(H,17,18)(H,14,15,16). The number of rotatable bonds is 4. The maximum atomic E-state index is 11.5. The second-order valence-corrected chi connectivity index (χ2v) is 3.95. The van der Waals surface area contributed by atoms with Crippen molar-refractivity contribution in [2.75, 3.05) is 7.11 Å². The van der Waals surface area contributed by atoms with E-state index in [1.807, 2.05) is 0 Å². The molecule has 7 nitrogen and oxygen atoms in total. The number of nitrogens with zero attached hydrogens (tertiary/aromatic N) is 1. The molecule has 0 aliphatic rings. The van der Waals surface area contributed by atoms with E-state index in [0.717, 1.165) is 0 Å². The fourth-order valence-electron chi connectivity index (χ4n) is 1.67. The van der Waals surface area contributed by atoms with Crippen LogP contribution in [0.4, 0.5) is 0 Å². The van der Waals surface area contributed by atoms with Crippen molar-refractivity contribution < 1.29 is 19.4 Å². The number of hydrogen-bond donors (Lipinski definition) is 2. The van der Waals surface area contributed by atoms with Gasteiger partial charge in [-0.1, -0.05) is 0 Å². The Hall–Kier alpha value is -2.83. The zero-order valence-corrected chi connectivity index (χ0v) is 10.8. The molecule has 2 rings (SSSR count). The van der Waals surface area contributed by atoms with Gasteiger partial charge in [0.15, 0.2) is 0 Å². The van der Waals surface area contributed by atoms with Crippen LogP contribution >= 0.6 is 0 Å². The number of ether oxygens (including phenoxy) is 2. The minimum absolute atomic E-state index is 0.0127. The Kier molecular flexibility index (Phi) is 3.69. The van der Waals surface area contributed by atoms with Gasteiger partial charge in [-0.25, -0.2) is 9.78 Å². The second-order valence-electron chi connectivity index (χ2n) is 3.95. The summed E-state index contributed by atoms with van der Waals surface area (Å²) in [5.74, 6) is -0.684. The third kappa shape index (κ3) is 2.61. The highest BCUT2D eigenvalue weighted by atomic mass is 16.5. The zero-order chi connectivity index (χ0) is 14.7. The number of aromatic carboxylic acids is 1. The van der Waals surface area contributed by atoms with Gasteiger partial charge in [0.25, 0.3) is 11.4 Å². The van der Waals surface area contributed by atoms with Crippen LogP contribution in [0.25, 0.3) is 0 Å². The number of methoxy groups -OCH3 is 1. The quantitative estimate of drug-likeness (QED) is 0.879. The summed E-state index contributed by atoms with van der Waals surface area (Å²) in [6, 6.07) is 4.46. The van der Waals surface area contributed by atoms with Crippen LogP contribution in [0, 0.1) is 6.92 Å². The van der Waals surface area contributed by atoms with Gasteiger partial charge in [-0.3, -0.25) is 4.79 Å². The molecule has 20 heavy (non-hydrogen) atoms. The lowest BCUT2D eigenvalue weighted by atomic mass is 10.1. The molecule has 0 radical (unpaired) electrons. The molecule has 0 spiro atoms. The third-order valence-electron chi connectivity index (χ3n) is 2.62. The Balaban J connectivity index is 2.36. The predicted molar refractivity (Wildman–Crippen MR) is 69.6 cm³/mol. The van der Waals surface area contributed by atoms with Crippen LogP contribution in [0.3, 0.4) is 0 Å². The van der Waals surface area contributed by atoms with Crippen molar-refractivity contribution in [1.82, 2.24) is 9.97 Å². The van der Waals surface area contributed by atoms with Crippen molar-refractivity contribution >= 4 is 5.97 Å². The Morgan fingerprint density at radius 3 is 2.75 bits per heavy atom. The summed E-state index contributed by atoms with van der Waals surface area (Å²) in [6.45, 7) is 1.65. The van der Waals surface area contributed by atoms with Crippen LogP contribution in [-0.4, -0.2) is 28.2 Å². The van der Waals surface area contributed by atoms with E-state index in [2.05, 4.69) is 9.97 Å². The van der Waals surface area contributed by atoms with Gasteiger partial charge in [-0.05, 0) is 30.7 Å². The fraction of sp³-hybridized carbons (Fsp3) is 0.154. The first-order valence-electron chi connectivity index (χ1n) is 5.66. The van der Waals surface area contributed by atoms with Crippen LogP contribution in [0.5, 0.6) is 17.4 Å². The molecule has 1 heterocycles. The van der Waals surface area contributed by atoms with Crippen LogP contribution in [-0.2, 0) is 0 Å². The molecular weight excluding hydrogens is 264 g/mol. The number of aromatic nitrogens is 2. The average molecular weight is 276 g/mol. The number of carboxylic acids is 1. The molecule has 0 aliphatic heterocycles. The fourth-order valence-corrected chi connectivity index (χ4v) is 1.67. The van der Waals surface area contributed by atoms with Gasteiger partial charge in [0.1, 0.15) is 5.75 Å². The minimum Gasteiger partial charge on any atom is -0.487 e. The summed E-state index contributed by atoms with van der Waals surface area (Å²) in [5, 5.41) is 8.95. The minimum atomic E-state index is -1.01. The van der Waals surface area contributed by atoms with E-state index in [-0.39, 0.29) is 17.2 Å². The highest BCUT2D eigenvalue weighted by Crippen LogP contribution is 2.26. The van der Waals surface area contributed by atoms with Crippen LogP contribution in [0.15, 0.2) is 29.3 Å². The van der Waals surface area contributed by atoms with Crippen molar-refractivity contribution in [2.45, 2.75) is 6.92 Å². The molecule has 0 fully saturated rings. The zero-order valence-electron chi connectivity index (χ0n) is 10.8. The van der Waals surface area contributed by atoms with Gasteiger partial charge in [-0.15, -0.1) is 0 Å². The molecule has 0 bridgehead atoms. The van der Waals surface area contributed by atoms with Gasteiger partial charge in [-0.2, -0.15) is 0 Å². The lowest BCUT2D eigenvalue weighted by molar-refractivity contribution is 0.0696. The van der Waals surface area contributed by atoms with Gasteiger partial charge in [0.05, 0.1) is 19.0 Å². The molecule has 0 saturated carbocycles. The Labute approximate surface area is 113 Å². The second kappa shape index (κ2) is 5.43. The predicted octanol–water partition coefficient (Wildman–Crippen LogP) is 1.58. The van der Waals surface area contributed by atoms with Crippen molar-refractivity contribution in [3.05, 3.63) is 46.0 Å². The smallest absolute Gasteiger partial charge is 0.335 e. The monoisotopic (exact) mass is 276 g/mol. The molecule has 0 saturated heterocycles. The first kappa shape index (κ1) is 13.6. The van der Waals surface area contributed by atoms with E-state index >= 15 is 0 Å². The molecule has 1 aromatic heterocycles. The summed E-state index contributed by atoms with van der Waals surface area (Å²) >= 11 is 0. The molecule has 0 aliphatic carbocycles. The number of benzene rings is 1. The molecule has 0 atom stereocenters. The highest BCUT2D eigenvalue weighted by molar-refractivity contribution is 5.89. The van der Waals surface area contributed by atoms with Gasteiger partial charge >= 0.3 is 5.97 Å². The van der Waals surface area contributed by atoms with E-state index < -0.39 is 11.5 Å². The van der Waals surface area contributed by atoms with Crippen molar-refractivity contribution in [3.8, 4) is 17.4 Å². The average Bonchev–Trinajstić information content (AvgIpc) is 2.38. The lowest BCUT2D eigenvalue weighted by Crippen LogP contribution is -2.11. The molecule has 104 valence electrons. The number of nitrogens with one attached hydrogen (secondary N) is 1. The van der Waals surface area contributed by atoms with E-state index in [1.54, 1.807) is 13.0 Å². The van der Waals surface area contributed by atoms with E-state index in [4.69, 9.17) is 14.6 Å². The third-order valence-corrected chi connectivity index (χ3v) is 2.62. The number of carboxylic acid groups (broad SMARTS) is 1. The molecule has 2 aromatic rings. The number of aromatic amines is 1. The van der Waals surface area contributed by atoms with E-state index in [0.29, 0.717) is 11.3 Å². The van der Waals surface area contributed by atoms with Crippen LogP contribution in [0.1, 0.15) is 15.9 Å². The normalized spacial score (nSPS) is 10.1. The SMILES string of the molecule is COc1c(Oc2ccc(C(=O)O)c(C)c2)nc[nH]c1=O. The summed E-state index contributed by atoms with van der Waals surface area (Å²) in [4.78, 5) is 28.6. The molecule has 0 amide bonds. The lowest BCUT2D eigenvalue weighted by Gasteiger charge is -2.09. The molecular formula is C13H12N2O5. The maximum absolute atomic E-state index is 11.5. The van der Waals surface area contributed by atoms with Crippen molar-refractivity contribution in [1.29, 1.82) is 0 Å². The maximum Gasteiger partial charge on any atom is 0.335 e. The number of carbonyl (C=O) groups is 1. The Morgan fingerprint density at radius 2 is 2.15 bits per heavy atom. The van der Waals surface area contributed by atoms with Gasteiger partial charge in [0, 0.05) is 0 Å². The molecule has 0 unspecified atom stereocenters. The summed E-state index contributed by atoms with van der Waals surface area (Å²) in [6.07, 6.45) is 1.19. The van der Waals surface area contributed by atoms with Gasteiger partial charge < -0.3 is 19.6 Å². The molecule has 7 heteroatoms. The van der Waals surface area contributed by atoms with E-state index in [9.17, 15) is 9.59 Å². The van der Waals surface area contributed by atoms with Crippen molar-refractivity contribution in [3.63, 3.8) is 0 Å². The van der Waals surface area contributed by atoms with Crippen LogP contribution in [0.2, 0.25) is 0 Å². The van der Waals surface area contributed by atoms with Crippen molar-refractivity contribution in [2.24, 2.45) is 0 Å². The van der Waals surface area contributed by atoms with Crippen LogP contribution < -0.4 is 15.0 Å². The topological polar surface area (TPSA) is 102 Å². The van der Waals surface area contributed by atoms with Gasteiger partial charge in [0.2, 0.25) is 5.75 Å². The highest BCUT2D eigenvalue weighted by Gasteiger charge is 2.13. The molecule has 1 aromatic carbocycles. The summed E-state index contributed by atoms with van der Waals surface area (Å²) in [5.41, 5.74) is 0.262. The number of aryl methyl sites for hydroxylation is 1. The summed E-state index contributed by atoms with van der Waals surface area (Å²) < 4.78 is 10.4. The first-order chi connectivity index (χ1) is 9.52. The van der Waals surface area contributed by atoms with E-state index in [1.165, 1.54) is 25.6 Å². The Morgan fingerprint density at radius 1 is 1.40 bits per heavy atom. The first-order valence-corrected chi connectivity index (χ1v) is 5.66. The summed E-state index contributed by atoms with van der Waals surface area (Å²) in [7, 11) is 1.33. The largest absolute Gasteiger partial charge is 0.487 e. The molecule has 2 N–H and O–H groups in total. The number of H-pyrrole nitrogens is 1.